The molecule has 1 heterocycles. The van der Waals surface area contributed by atoms with E-state index in [1.54, 1.807) is 0 Å². The fourth-order valence-corrected chi connectivity index (χ4v) is 2.21. The summed E-state index contributed by atoms with van der Waals surface area (Å²) in [4.78, 5) is 22.5. The summed E-state index contributed by atoms with van der Waals surface area (Å²) in [6.45, 7) is -0.184. The molecular weight excluding hydrogens is 350 g/mol. The van der Waals surface area contributed by atoms with Crippen LogP contribution in [0.3, 0.4) is 0 Å². The van der Waals surface area contributed by atoms with Crippen LogP contribution in [0.1, 0.15) is 16.2 Å². The number of aromatic nitrogens is 4. The summed E-state index contributed by atoms with van der Waals surface area (Å²) in [6.07, 6.45) is 0. The second kappa shape index (κ2) is 7.01. The Morgan fingerprint density at radius 2 is 1.96 bits per heavy atom. The SMILES string of the molecule is O=C(NCc1nnnn1-c1ccc(F)c(F)c1)c1ccccc1[N+](=O)[O-]. The van der Waals surface area contributed by atoms with Crippen LogP contribution >= 0.6 is 0 Å². The number of amides is 1. The monoisotopic (exact) mass is 360 g/mol. The van der Waals surface area contributed by atoms with Gasteiger partial charge in [-0.3, -0.25) is 14.9 Å². The van der Waals surface area contributed by atoms with E-state index in [0.717, 1.165) is 16.8 Å². The lowest BCUT2D eigenvalue weighted by Crippen LogP contribution is -2.25. The number of nitrogens with one attached hydrogen (secondary N) is 1. The molecule has 26 heavy (non-hydrogen) atoms. The normalized spacial score (nSPS) is 10.5. The van der Waals surface area contributed by atoms with Crippen LogP contribution in [0, 0.1) is 21.7 Å². The third-order valence-corrected chi connectivity index (χ3v) is 3.43. The van der Waals surface area contributed by atoms with Crippen molar-refractivity contribution in [3.8, 4) is 5.69 Å². The second-order valence-corrected chi connectivity index (χ2v) is 5.06. The number of rotatable bonds is 5. The summed E-state index contributed by atoms with van der Waals surface area (Å²) in [5.74, 6) is -2.67. The Hall–Kier alpha value is -3.76. The number of benzene rings is 2. The first kappa shape index (κ1) is 17.1. The third kappa shape index (κ3) is 3.36. The molecule has 0 fully saturated rings. The number of halogens is 2. The van der Waals surface area contributed by atoms with Crippen LogP contribution in [0.2, 0.25) is 0 Å². The van der Waals surface area contributed by atoms with Crippen LogP contribution in [-0.4, -0.2) is 31.0 Å². The topological polar surface area (TPSA) is 116 Å². The molecule has 0 aliphatic heterocycles. The van der Waals surface area contributed by atoms with Gasteiger partial charge in [-0.1, -0.05) is 12.1 Å². The average Bonchev–Trinajstić information content (AvgIpc) is 3.10. The van der Waals surface area contributed by atoms with Crippen LogP contribution < -0.4 is 5.32 Å². The largest absolute Gasteiger partial charge is 0.344 e. The zero-order chi connectivity index (χ0) is 18.7. The Kier molecular flexibility index (Phi) is 4.60. The highest BCUT2D eigenvalue weighted by Gasteiger charge is 2.20. The quantitative estimate of drug-likeness (QED) is 0.548. The molecule has 1 aromatic heterocycles. The van der Waals surface area contributed by atoms with E-state index >= 15 is 0 Å². The zero-order valence-corrected chi connectivity index (χ0v) is 13.0. The number of hydrogen-bond acceptors (Lipinski definition) is 6. The van der Waals surface area contributed by atoms with E-state index in [1.807, 2.05) is 0 Å². The van der Waals surface area contributed by atoms with Crippen molar-refractivity contribution < 1.29 is 18.5 Å². The van der Waals surface area contributed by atoms with Gasteiger partial charge in [-0.05, 0) is 28.6 Å². The van der Waals surface area contributed by atoms with Crippen LogP contribution in [0.5, 0.6) is 0 Å². The molecule has 1 N–H and O–H groups in total. The molecule has 0 saturated carbocycles. The molecular formula is C15H10F2N6O3. The Morgan fingerprint density at radius 1 is 1.19 bits per heavy atom. The highest BCUT2D eigenvalue weighted by atomic mass is 19.2. The summed E-state index contributed by atoms with van der Waals surface area (Å²) >= 11 is 0. The molecule has 2 aromatic carbocycles. The van der Waals surface area contributed by atoms with Gasteiger partial charge in [0.05, 0.1) is 17.2 Å². The van der Waals surface area contributed by atoms with Crippen LogP contribution in [0.15, 0.2) is 42.5 Å². The first-order valence-corrected chi connectivity index (χ1v) is 7.21. The Bertz CT molecular complexity index is 991. The molecule has 0 bridgehead atoms. The molecule has 3 rings (SSSR count). The fraction of sp³-hybridized carbons (Fsp3) is 0.0667. The standard InChI is InChI=1S/C15H10F2N6O3/c16-11-6-5-9(7-12(11)17)22-14(19-20-21-22)8-18-15(24)10-3-1-2-4-13(10)23(25)26/h1-7H,8H2,(H,18,24). The number of para-hydroxylation sites is 1. The van der Waals surface area contributed by atoms with E-state index in [1.165, 1.54) is 30.3 Å². The van der Waals surface area contributed by atoms with E-state index in [2.05, 4.69) is 20.8 Å². The third-order valence-electron chi connectivity index (χ3n) is 3.43. The van der Waals surface area contributed by atoms with Crippen molar-refractivity contribution in [2.75, 3.05) is 0 Å². The summed E-state index contributed by atoms with van der Waals surface area (Å²) < 4.78 is 27.5. The molecule has 9 nitrogen and oxygen atoms in total. The van der Waals surface area contributed by atoms with Gasteiger partial charge >= 0.3 is 0 Å². The van der Waals surface area contributed by atoms with Gasteiger partial charge in [0.1, 0.15) is 5.56 Å². The minimum atomic E-state index is -1.08. The molecule has 0 aliphatic rings. The van der Waals surface area contributed by atoms with Crippen LogP contribution in [-0.2, 0) is 6.54 Å². The smallest absolute Gasteiger partial charge is 0.282 e. The summed E-state index contributed by atoms with van der Waals surface area (Å²) in [7, 11) is 0. The van der Waals surface area contributed by atoms with Crippen molar-refractivity contribution >= 4 is 11.6 Å². The van der Waals surface area contributed by atoms with E-state index in [9.17, 15) is 23.7 Å². The molecule has 132 valence electrons. The van der Waals surface area contributed by atoms with Gasteiger partial charge in [-0.2, -0.15) is 4.68 Å². The number of carbonyl (C=O) groups excluding carboxylic acids is 1. The molecule has 11 heteroatoms. The van der Waals surface area contributed by atoms with Crippen LogP contribution in [0.4, 0.5) is 14.5 Å². The highest BCUT2D eigenvalue weighted by molar-refractivity contribution is 5.98. The van der Waals surface area contributed by atoms with Crippen molar-refractivity contribution in [1.82, 2.24) is 25.5 Å². The lowest BCUT2D eigenvalue weighted by atomic mass is 10.1. The zero-order valence-electron chi connectivity index (χ0n) is 13.0. The summed E-state index contributed by atoms with van der Waals surface area (Å²) in [6, 6.07) is 8.54. The Morgan fingerprint density at radius 3 is 2.69 bits per heavy atom. The lowest BCUT2D eigenvalue weighted by molar-refractivity contribution is -0.385. The predicted octanol–water partition coefficient (Wildman–Crippen LogP) is 1.78. The Balaban J connectivity index is 1.79. The molecule has 0 atom stereocenters. The van der Waals surface area contributed by atoms with Crippen molar-refractivity contribution in [2.24, 2.45) is 0 Å². The molecule has 0 radical (unpaired) electrons. The lowest BCUT2D eigenvalue weighted by Gasteiger charge is -2.07. The number of nitrogens with zero attached hydrogens (tertiary/aromatic N) is 5. The minimum absolute atomic E-state index is 0.121. The first-order valence-electron chi connectivity index (χ1n) is 7.21. The number of nitro groups is 1. The van der Waals surface area contributed by atoms with E-state index in [-0.39, 0.29) is 29.3 Å². The Labute approximate surface area is 144 Å². The van der Waals surface area contributed by atoms with Gasteiger partial charge in [0, 0.05) is 12.1 Å². The van der Waals surface area contributed by atoms with Gasteiger partial charge in [0.2, 0.25) is 0 Å². The minimum Gasteiger partial charge on any atom is -0.344 e. The average molecular weight is 360 g/mol. The van der Waals surface area contributed by atoms with Crippen molar-refractivity contribution in [1.29, 1.82) is 0 Å². The molecule has 0 spiro atoms. The number of carbonyl (C=O) groups is 1. The molecule has 0 saturated heterocycles. The van der Waals surface area contributed by atoms with Crippen LogP contribution in [0.25, 0.3) is 5.69 Å². The van der Waals surface area contributed by atoms with E-state index < -0.39 is 22.5 Å². The van der Waals surface area contributed by atoms with Gasteiger partial charge < -0.3 is 5.32 Å². The van der Waals surface area contributed by atoms with Gasteiger partial charge in [0.25, 0.3) is 11.6 Å². The molecule has 0 unspecified atom stereocenters. The fourth-order valence-electron chi connectivity index (χ4n) is 2.21. The summed E-state index contributed by atoms with van der Waals surface area (Å²) in [5.41, 5.74) is -0.307. The first-order chi connectivity index (χ1) is 12.5. The molecule has 3 aromatic rings. The maximum Gasteiger partial charge on any atom is 0.282 e. The van der Waals surface area contributed by atoms with Crippen molar-refractivity contribution in [3.63, 3.8) is 0 Å². The molecule has 0 aliphatic carbocycles. The predicted molar refractivity (Wildman–Crippen MR) is 83.3 cm³/mol. The van der Waals surface area contributed by atoms with Gasteiger partial charge in [-0.15, -0.1) is 5.10 Å². The van der Waals surface area contributed by atoms with Gasteiger partial charge in [0.15, 0.2) is 17.5 Å². The van der Waals surface area contributed by atoms with E-state index in [4.69, 9.17) is 0 Å². The van der Waals surface area contributed by atoms with E-state index in [0.29, 0.717) is 0 Å². The highest BCUT2D eigenvalue weighted by Crippen LogP contribution is 2.18. The maximum absolute atomic E-state index is 13.4. The number of nitro benzene ring substituents is 1. The molecule has 1 amide bonds. The number of tetrazole rings is 1. The van der Waals surface area contributed by atoms with Crippen molar-refractivity contribution in [2.45, 2.75) is 6.54 Å². The maximum atomic E-state index is 13.4. The van der Waals surface area contributed by atoms with Crippen molar-refractivity contribution in [3.05, 3.63) is 75.6 Å². The van der Waals surface area contributed by atoms with Gasteiger partial charge in [-0.25, -0.2) is 8.78 Å². The second-order valence-electron chi connectivity index (χ2n) is 5.06. The number of hydrogen-bond donors (Lipinski definition) is 1. The summed E-state index contributed by atoms with van der Waals surface area (Å²) in [5, 5.41) is 24.2.